The van der Waals surface area contributed by atoms with Crippen LogP contribution in [0.3, 0.4) is 0 Å². The minimum absolute atomic E-state index is 0.0143. The highest BCUT2D eigenvalue weighted by molar-refractivity contribution is 7.09. The topological polar surface area (TPSA) is 117 Å². The molecule has 1 saturated carbocycles. The molecule has 3 rings (SSSR count). The lowest BCUT2D eigenvalue weighted by molar-refractivity contribution is -0.126. The number of aryl methyl sites for hydroxylation is 1. The van der Waals surface area contributed by atoms with Crippen molar-refractivity contribution < 1.29 is 9.59 Å². The molecule has 3 N–H and O–H groups in total. The summed E-state index contributed by atoms with van der Waals surface area (Å²) in [6.45, 7) is 2.59. The van der Waals surface area contributed by atoms with E-state index < -0.39 is 0 Å². The molecule has 1 aliphatic rings. The average Bonchev–Trinajstić information content (AvgIpc) is 3.15. The lowest BCUT2D eigenvalue weighted by Gasteiger charge is -2.28. The number of H-pyrrole nitrogens is 1. The number of nitrogens with zero attached hydrogens (tertiary/aromatic N) is 2. The number of aromatic nitrogens is 3. The van der Waals surface area contributed by atoms with Gasteiger partial charge in [-0.3, -0.25) is 14.4 Å². The molecule has 8 nitrogen and oxygen atoms in total. The van der Waals surface area contributed by atoms with Crippen molar-refractivity contribution in [3.8, 4) is 0 Å². The van der Waals surface area contributed by atoms with Crippen molar-refractivity contribution in [2.75, 3.05) is 0 Å². The zero-order valence-corrected chi connectivity index (χ0v) is 16.7. The molecule has 0 spiro atoms. The number of thiazole rings is 1. The highest BCUT2D eigenvalue weighted by Crippen LogP contribution is 2.25. The molecule has 2 aromatic heterocycles. The van der Waals surface area contributed by atoms with Crippen molar-refractivity contribution in [2.24, 2.45) is 5.92 Å². The Kier molecular flexibility index (Phi) is 6.91. The molecule has 1 fully saturated rings. The Morgan fingerprint density at radius 3 is 2.75 bits per heavy atom. The van der Waals surface area contributed by atoms with Crippen LogP contribution in [0.2, 0.25) is 0 Å². The summed E-state index contributed by atoms with van der Waals surface area (Å²) >= 11 is 1.64. The van der Waals surface area contributed by atoms with Crippen LogP contribution in [0.5, 0.6) is 0 Å². The van der Waals surface area contributed by atoms with Gasteiger partial charge in [-0.1, -0.05) is 6.92 Å². The van der Waals surface area contributed by atoms with Crippen molar-refractivity contribution >= 4 is 23.2 Å². The van der Waals surface area contributed by atoms with Gasteiger partial charge in [0.2, 0.25) is 5.91 Å². The second-order valence-corrected chi connectivity index (χ2v) is 7.96. The predicted molar refractivity (Wildman–Crippen MR) is 106 cm³/mol. The highest BCUT2D eigenvalue weighted by atomic mass is 32.1. The van der Waals surface area contributed by atoms with Crippen molar-refractivity contribution in [3.63, 3.8) is 0 Å². The van der Waals surface area contributed by atoms with Crippen LogP contribution in [-0.4, -0.2) is 32.8 Å². The Morgan fingerprint density at radius 2 is 2.07 bits per heavy atom. The minimum atomic E-state index is -0.345. The maximum atomic E-state index is 12.4. The van der Waals surface area contributed by atoms with E-state index in [1.54, 1.807) is 11.3 Å². The normalized spacial score (nSPS) is 19.2. The van der Waals surface area contributed by atoms with Gasteiger partial charge in [0.15, 0.2) is 0 Å². The molecule has 0 radical (unpaired) electrons. The van der Waals surface area contributed by atoms with Gasteiger partial charge in [-0.15, -0.1) is 11.3 Å². The fourth-order valence-corrected chi connectivity index (χ4v) is 4.21. The molecule has 1 aliphatic carbocycles. The first kappa shape index (κ1) is 20.2. The third-order valence-electron chi connectivity index (χ3n) is 4.84. The molecule has 28 heavy (non-hydrogen) atoms. The number of carbonyl (C=O) groups excluding carboxylic acids is 2. The maximum Gasteiger partial charge on any atom is 0.271 e. The second-order valence-electron chi connectivity index (χ2n) is 7.02. The van der Waals surface area contributed by atoms with Crippen LogP contribution in [0.4, 0.5) is 0 Å². The van der Waals surface area contributed by atoms with Gasteiger partial charge < -0.3 is 15.6 Å². The van der Waals surface area contributed by atoms with Crippen LogP contribution >= 0.6 is 11.3 Å². The van der Waals surface area contributed by atoms with Gasteiger partial charge in [0.25, 0.3) is 11.5 Å². The van der Waals surface area contributed by atoms with Crippen molar-refractivity contribution in [1.82, 2.24) is 25.6 Å². The summed E-state index contributed by atoms with van der Waals surface area (Å²) in [5, 5.41) is 9.02. The Labute approximate surface area is 167 Å². The summed E-state index contributed by atoms with van der Waals surface area (Å²) in [7, 11) is 0. The van der Waals surface area contributed by atoms with Crippen LogP contribution < -0.4 is 16.2 Å². The van der Waals surface area contributed by atoms with Gasteiger partial charge in [0.1, 0.15) is 5.69 Å². The van der Waals surface area contributed by atoms with Crippen molar-refractivity contribution in [3.05, 3.63) is 44.5 Å². The third kappa shape index (κ3) is 5.48. The first-order chi connectivity index (χ1) is 13.5. The van der Waals surface area contributed by atoms with Crippen LogP contribution in [0.25, 0.3) is 0 Å². The maximum absolute atomic E-state index is 12.4. The fourth-order valence-electron chi connectivity index (χ4n) is 3.31. The largest absolute Gasteiger partial charge is 0.350 e. The first-order valence-corrected chi connectivity index (χ1v) is 10.5. The standard InChI is InChI=1S/C19H25N5O3S/c1-2-3-17-23-14(11-28-17)8-22-18(26)12-4-6-13(7-5-12)24-19(27)15-9-21-16(25)10-20-15/h9-13H,2-8H2,1H3,(H,21,25)(H,22,26)(H,24,27). The van der Waals surface area contributed by atoms with Gasteiger partial charge in [-0.25, -0.2) is 9.97 Å². The van der Waals surface area contributed by atoms with E-state index in [2.05, 4.69) is 32.5 Å². The van der Waals surface area contributed by atoms with Crippen LogP contribution in [0.15, 0.2) is 22.6 Å². The molecule has 9 heteroatoms. The molecular formula is C19H25N5O3S. The zero-order valence-electron chi connectivity index (χ0n) is 15.9. The second kappa shape index (κ2) is 9.59. The lowest BCUT2D eigenvalue weighted by atomic mass is 9.85. The minimum Gasteiger partial charge on any atom is -0.350 e. The van der Waals surface area contributed by atoms with Crippen molar-refractivity contribution in [2.45, 2.75) is 58.0 Å². The third-order valence-corrected chi connectivity index (χ3v) is 5.80. The summed E-state index contributed by atoms with van der Waals surface area (Å²) in [6, 6.07) is 0.0143. The Hall–Kier alpha value is -2.55. The van der Waals surface area contributed by atoms with Gasteiger partial charge in [0, 0.05) is 23.5 Å². The quantitative estimate of drug-likeness (QED) is 0.652. The van der Waals surface area contributed by atoms with E-state index in [1.165, 1.54) is 6.20 Å². The van der Waals surface area contributed by atoms with Crippen molar-refractivity contribution in [1.29, 1.82) is 0 Å². The Morgan fingerprint density at radius 1 is 1.29 bits per heavy atom. The van der Waals surface area contributed by atoms with Gasteiger partial charge in [-0.2, -0.15) is 0 Å². The number of nitrogens with one attached hydrogen (secondary N) is 3. The lowest BCUT2D eigenvalue weighted by Crippen LogP contribution is -2.41. The molecular weight excluding hydrogens is 378 g/mol. The summed E-state index contributed by atoms with van der Waals surface area (Å²) in [5.74, 6) is -0.291. The van der Waals surface area contributed by atoms with E-state index in [4.69, 9.17) is 0 Å². The molecule has 150 valence electrons. The molecule has 2 amide bonds. The number of hydrogen-bond donors (Lipinski definition) is 3. The number of aromatic amines is 1. The number of amides is 2. The zero-order chi connectivity index (χ0) is 19.9. The predicted octanol–water partition coefficient (Wildman–Crippen LogP) is 1.78. The van der Waals surface area contributed by atoms with E-state index in [0.29, 0.717) is 6.54 Å². The first-order valence-electron chi connectivity index (χ1n) is 9.61. The van der Waals surface area contributed by atoms with Crippen LogP contribution in [0.1, 0.15) is 60.2 Å². The molecule has 0 aromatic carbocycles. The van der Waals surface area contributed by atoms with E-state index >= 15 is 0 Å². The molecule has 2 heterocycles. The SMILES string of the molecule is CCCc1nc(CNC(=O)C2CCC(NC(=O)c3c[nH]c(=O)cn3)CC2)cs1. The number of rotatable bonds is 7. The molecule has 0 bridgehead atoms. The smallest absolute Gasteiger partial charge is 0.271 e. The Balaban J connectivity index is 1.41. The molecule has 0 saturated heterocycles. The molecule has 0 aliphatic heterocycles. The summed E-state index contributed by atoms with van der Waals surface area (Å²) in [4.78, 5) is 46.4. The van der Waals surface area contributed by atoms with Gasteiger partial charge in [0.05, 0.1) is 23.4 Å². The number of hydrogen-bond acceptors (Lipinski definition) is 6. The van der Waals surface area contributed by atoms with E-state index in [0.717, 1.165) is 55.4 Å². The fraction of sp³-hybridized carbons (Fsp3) is 0.526. The van der Waals surface area contributed by atoms with Crippen LogP contribution in [-0.2, 0) is 17.8 Å². The molecule has 0 atom stereocenters. The monoisotopic (exact) mass is 403 g/mol. The molecule has 0 unspecified atom stereocenters. The number of carbonyl (C=O) groups is 2. The van der Waals surface area contributed by atoms with Gasteiger partial charge >= 0.3 is 0 Å². The van der Waals surface area contributed by atoms with Gasteiger partial charge in [-0.05, 0) is 38.5 Å². The van der Waals surface area contributed by atoms with Crippen LogP contribution in [0, 0.1) is 5.92 Å². The Bertz CT molecular complexity index is 850. The summed E-state index contributed by atoms with van der Waals surface area (Å²) in [5.41, 5.74) is 0.753. The van der Waals surface area contributed by atoms with E-state index in [1.807, 2.05) is 5.38 Å². The van der Waals surface area contributed by atoms with E-state index in [9.17, 15) is 14.4 Å². The highest BCUT2D eigenvalue weighted by Gasteiger charge is 2.27. The van der Waals surface area contributed by atoms with E-state index in [-0.39, 0.29) is 35.0 Å². The average molecular weight is 404 g/mol. The molecule has 2 aromatic rings. The summed E-state index contributed by atoms with van der Waals surface area (Å²) in [6.07, 6.45) is 7.38. The summed E-state index contributed by atoms with van der Waals surface area (Å²) < 4.78 is 0.